The van der Waals surface area contributed by atoms with Crippen LogP contribution in [0, 0.1) is 0 Å². The normalized spacial score (nSPS) is 16.9. The Bertz CT molecular complexity index is 562. The molecule has 0 unspecified atom stereocenters. The van der Waals surface area contributed by atoms with E-state index in [0.29, 0.717) is 30.2 Å². The number of halogens is 4. The number of rotatable bonds is 2. The first-order valence-electron chi connectivity index (χ1n) is 6.46. The summed E-state index contributed by atoms with van der Waals surface area (Å²) in [6.45, 7) is 0. The van der Waals surface area contributed by atoms with Crippen LogP contribution in [0.1, 0.15) is 41.6 Å². The monoisotopic (exact) mass is 363 g/mol. The molecule has 1 fully saturated rings. The van der Waals surface area contributed by atoms with Gasteiger partial charge in [-0.25, -0.2) is 0 Å². The summed E-state index contributed by atoms with van der Waals surface area (Å²) in [7, 11) is 0. The molecule has 0 bridgehead atoms. The van der Waals surface area contributed by atoms with Crippen LogP contribution >= 0.6 is 15.9 Å². The Hall–Kier alpha value is -1.37. The average Bonchev–Trinajstić information content (AvgIpc) is 2.40. The average molecular weight is 364 g/mol. The van der Waals surface area contributed by atoms with E-state index in [4.69, 9.17) is 0 Å². The maximum Gasteiger partial charge on any atom is 0.416 e. The van der Waals surface area contributed by atoms with Crippen molar-refractivity contribution in [3.63, 3.8) is 0 Å². The topological polar surface area (TPSA) is 46.2 Å². The van der Waals surface area contributed by atoms with Crippen LogP contribution in [0.5, 0.6) is 0 Å². The fourth-order valence-electron chi connectivity index (χ4n) is 2.22. The smallest absolute Gasteiger partial charge is 0.349 e. The number of ketones is 1. The minimum absolute atomic E-state index is 0.0540. The van der Waals surface area contributed by atoms with Gasteiger partial charge in [0.25, 0.3) is 5.91 Å². The van der Waals surface area contributed by atoms with Gasteiger partial charge in [-0.2, -0.15) is 13.2 Å². The number of carbonyl (C=O) groups excluding carboxylic acids is 2. The lowest BCUT2D eigenvalue weighted by Crippen LogP contribution is -2.38. The molecule has 3 nitrogen and oxygen atoms in total. The van der Waals surface area contributed by atoms with Gasteiger partial charge in [0.1, 0.15) is 5.78 Å². The van der Waals surface area contributed by atoms with E-state index in [0.717, 1.165) is 12.1 Å². The molecular weight excluding hydrogens is 351 g/mol. The third-order valence-corrected chi connectivity index (χ3v) is 4.11. The fourth-order valence-corrected chi connectivity index (χ4v) is 2.65. The Kier molecular flexibility index (Phi) is 4.70. The molecule has 0 aromatic heterocycles. The number of hydrogen-bond acceptors (Lipinski definition) is 2. The molecule has 0 saturated heterocycles. The molecule has 0 radical (unpaired) electrons. The zero-order valence-electron chi connectivity index (χ0n) is 11.0. The highest BCUT2D eigenvalue weighted by atomic mass is 79.9. The molecule has 7 heteroatoms. The second kappa shape index (κ2) is 6.17. The van der Waals surface area contributed by atoms with Gasteiger partial charge in [-0.1, -0.05) is 0 Å². The molecule has 1 saturated carbocycles. The predicted molar refractivity (Wildman–Crippen MR) is 73.9 cm³/mol. The van der Waals surface area contributed by atoms with E-state index in [1.165, 1.54) is 6.07 Å². The minimum atomic E-state index is -4.49. The van der Waals surface area contributed by atoms with E-state index in [2.05, 4.69) is 21.2 Å². The van der Waals surface area contributed by atoms with Crippen LogP contribution in [-0.2, 0) is 11.0 Å². The summed E-state index contributed by atoms with van der Waals surface area (Å²) in [6, 6.07) is 2.78. The van der Waals surface area contributed by atoms with Crippen molar-refractivity contribution in [2.75, 3.05) is 0 Å². The molecule has 0 spiro atoms. The number of Topliss-reactive ketones (excluding diaryl/α,β-unsaturated/α-hetero) is 1. The van der Waals surface area contributed by atoms with Crippen molar-refractivity contribution >= 4 is 27.6 Å². The van der Waals surface area contributed by atoms with E-state index in [1.807, 2.05) is 0 Å². The summed E-state index contributed by atoms with van der Waals surface area (Å²) in [4.78, 5) is 23.2. The Morgan fingerprint density at radius 1 is 1.24 bits per heavy atom. The maximum atomic E-state index is 12.7. The number of hydrogen-bond donors (Lipinski definition) is 1. The van der Waals surface area contributed by atoms with Crippen molar-refractivity contribution in [2.45, 2.75) is 37.9 Å². The van der Waals surface area contributed by atoms with Gasteiger partial charge in [0, 0.05) is 23.4 Å². The Morgan fingerprint density at radius 3 is 2.43 bits per heavy atom. The van der Waals surface area contributed by atoms with Crippen molar-refractivity contribution in [2.24, 2.45) is 0 Å². The van der Waals surface area contributed by atoms with Crippen LogP contribution in [0.25, 0.3) is 0 Å². The highest BCUT2D eigenvalue weighted by molar-refractivity contribution is 9.10. The third kappa shape index (κ3) is 4.06. The largest absolute Gasteiger partial charge is 0.416 e. The van der Waals surface area contributed by atoms with E-state index >= 15 is 0 Å². The van der Waals surface area contributed by atoms with Gasteiger partial charge >= 0.3 is 6.18 Å². The Balaban J connectivity index is 2.13. The molecule has 114 valence electrons. The third-order valence-electron chi connectivity index (χ3n) is 3.42. The lowest BCUT2D eigenvalue weighted by atomic mass is 9.94. The van der Waals surface area contributed by atoms with Crippen molar-refractivity contribution < 1.29 is 22.8 Å². The number of amides is 1. The molecule has 1 aliphatic rings. The van der Waals surface area contributed by atoms with Gasteiger partial charge in [0.05, 0.1) is 11.1 Å². The zero-order chi connectivity index (χ0) is 15.6. The Labute approximate surface area is 128 Å². The molecule has 0 atom stereocenters. The van der Waals surface area contributed by atoms with Gasteiger partial charge in [-0.05, 0) is 47.0 Å². The lowest BCUT2D eigenvalue weighted by molar-refractivity contribution is -0.137. The first kappa shape index (κ1) is 16.0. The van der Waals surface area contributed by atoms with Crippen LogP contribution in [-0.4, -0.2) is 17.7 Å². The molecule has 1 aromatic carbocycles. The first-order valence-corrected chi connectivity index (χ1v) is 7.26. The summed E-state index contributed by atoms with van der Waals surface area (Å²) >= 11 is 3.09. The number of carbonyl (C=O) groups is 2. The highest BCUT2D eigenvalue weighted by Crippen LogP contribution is 2.32. The molecule has 0 heterocycles. The molecule has 1 amide bonds. The minimum Gasteiger partial charge on any atom is -0.349 e. The summed E-state index contributed by atoms with van der Waals surface area (Å²) < 4.78 is 38.3. The zero-order valence-corrected chi connectivity index (χ0v) is 12.6. The standard InChI is InChI=1S/C14H13BrF3NO2/c15-12-6-1-8(14(16,17)18)7-11(12)13(21)19-9-2-4-10(20)5-3-9/h1,6-7,9H,2-5H2,(H,19,21). The number of nitrogens with one attached hydrogen (secondary N) is 1. The van der Waals surface area contributed by atoms with Gasteiger partial charge in [-0.3, -0.25) is 9.59 Å². The first-order chi connectivity index (χ1) is 9.77. The summed E-state index contributed by atoms with van der Waals surface area (Å²) in [6.07, 6.45) is -2.64. The predicted octanol–water partition coefficient (Wildman–Crippen LogP) is 3.71. The second-order valence-electron chi connectivity index (χ2n) is 4.98. The molecule has 1 aliphatic carbocycles. The van der Waals surface area contributed by atoms with E-state index < -0.39 is 17.6 Å². The van der Waals surface area contributed by atoms with Gasteiger partial charge in [0.15, 0.2) is 0 Å². The van der Waals surface area contributed by atoms with Crippen LogP contribution < -0.4 is 5.32 Å². The molecule has 2 rings (SSSR count). The van der Waals surface area contributed by atoms with E-state index in [-0.39, 0.29) is 17.4 Å². The van der Waals surface area contributed by atoms with E-state index in [9.17, 15) is 22.8 Å². The van der Waals surface area contributed by atoms with Crippen molar-refractivity contribution in [1.82, 2.24) is 5.32 Å². The molecular formula is C14H13BrF3NO2. The van der Waals surface area contributed by atoms with Crippen LogP contribution in [0.4, 0.5) is 13.2 Å². The molecule has 0 aliphatic heterocycles. The summed E-state index contributed by atoms with van der Waals surface area (Å²) in [5.74, 6) is -0.409. The van der Waals surface area contributed by atoms with Gasteiger partial charge in [-0.15, -0.1) is 0 Å². The lowest BCUT2D eigenvalue weighted by Gasteiger charge is -2.22. The number of benzene rings is 1. The Morgan fingerprint density at radius 2 is 1.86 bits per heavy atom. The summed E-state index contributed by atoms with van der Waals surface area (Å²) in [5, 5.41) is 2.69. The number of alkyl halides is 3. The fraction of sp³-hybridized carbons (Fsp3) is 0.429. The van der Waals surface area contributed by atoms with Crippen LogP contribution in [0.2, 0.25) is 0 Å². The van der Waals surface area contributed by atoms with Gasteiger partial charge in [0.2, 0.25) is 0 Å². The quantitative estimate of drug-likeness (QED) is 0.870. The molecule has 1 aromatic rings. The highest BCUT2D eigenvalue weighted by Gasteiger charge is 2.32. The SMILES string of the molecule is O=C1CCC(NC(=O)c2cc(C(F)(F)F)ccc2Br)CC1. The molecule has 21 heavy (non-hydrogen) atoms. The summed E-state index contributed by atoms with van der Waals surface area (Å²) in [5.41, 5.74) is -0.920. The van der Waals surface area contributed by atoms with Crippen molar-refractivity contribution in [3.05, 3.63) is 33.8 Å². The van der Waals surface area contributed by atoms with Gasteiger partial charge < -0.3 is 5.32 Å². The second-order valence-corrected chi connectivity index (χ2v) is 5.83. The maximum absolute atomic E-state index is 12.7. The van der Waals surface area contributed by atoms with Crippen molar-refractivity contribution in [1.29, 1.82) is 0 Å². The van der Waals surface area contributed by atoms with Crippen LogP contribution in [0.3, 0.4) is 0 Å². The van der Waals surface area contributed by atoms with Crippen LogP contribution in [0.15, 0.2) is 22.7 Å². The van der Waals surface area contributed by atoms with Crippen molar-refractivity contribution in [3.8, 4) is 0 Å². The molecule has 1 N–H and O–H groups in total. The van der Waals surface area contributed by atoms with E-state index in [1.54, 1.807) is 0 Å².